The fraction of sp³-hybridized carbons (Fsp3) is 0.833. The highest BCUT2D eigenvalue weighted by atomic mass is 16.4. The molecule has 12 heavy (non-hydrogen) atoms. The number of hydrogen-bond acceptors (Lipinski definition) is 4. The van der Waals surface area contributed by atoms with Gasteiger partial charge in [-0.05, 0) is 12.8 Å². The third-order valence-corrected chi connectivity index (χ3v) is 2.14. The lowest BCUT2D eigenvalue weighted by Crippen LogP contribution is -2.47. The van der Waals surface area contributed by atoms with E-state index in [1.54, 1.807) is 0 Å². The van der Waals surface area contributed by atoms with E-state index in [-0.39, 0.29) is 12.5 Å². The first kappa shape index (κ1) is 9.50. The Balaban J connectivity index is 2.57. The SMILES string of the molecule is NCC(=O)N1CCCC1B(O)O. The molecule has 1 saturated heterocycles. The average molecular weight is 172 g/mol. The van der Waals surface area contributed by atoms with Crippen LogP contribution < -0.4 is 5.73 Å². The van der Waals surface area contributed by atoms with Crippen molar-refractivity contribution in [2.24, 2.45) is 5.73 Å². The summed E-state index contributed by atoms with van der Waals surface area (Å²) in [5.74, 6) is -0.674. The van der Waals surface area contributed by atoms with Crippen LogP contribution in [0.5, 0.6) is 0 Å². The highest BCUT2D eigenvalue weighted by molar-refractivity contribution is 6.43. The molecule has 0 aliphatic carbocycles. The van der Waals surface area contributed by atoms with Gasteiger partial charge in [-0.2, -0.15) is 0 Å². The summed E-state index contributed by atoms with van der Waals surface area (Å²) in [5.41, 5.74) is 5.16. The topological polar surface area (TPSA) is 86.8 Å². The minimum atomic E-state index is -1.44. The Kier molecular flexibility index (Phi) is 3.08. The minimum Gasteiger partial charge on any atom is -0.426 e. The van der Waals surface area contributed by atoms with Gasteiger partial charge in [-0.25, -0.2) is 0 Å². The molecule has 1 fully saturated rings. The van der Waals surface area contributed by atoms with E-state index in [0.717, 1.165) is 6.42 Å². The quantitative estimate of drug-likeness (QED) is 0.418. The Morgan fingerprint density at radius 1 is 1.67 bits per heavy atom. The van der Waals surface area contributed by atoms with E-state index in [1.165, 1.54) is 4.90 Å². The number of nitrogens with zero attached hydrogens (tertiary/aromatic N) is 1. The summed E-state index contributed by atoms with van der Waals surface area (Å²) in [5, 5.41) is 17.8. The molecule has 1 heterocycles. The largest absolute Gasteiger partial charge is 0.475 e. The van der Waals surface area contributed by atoms with E-state index in [0.29, 0.717) is 13.0 Å². The number of amides is 1. The third-order valence-electron chi connectivity index (χ3n) is 2.14. The lowest BCUT2D eigenvalue weighted by molar-refractivity contribution is -0.129. The predicted molar refractivity (Wildman–Crippen MR) is 44.0 cm³/mol. The zero-order chi connectivity index (χ0) is 9.14. The fourth-order valence-electron chi connectivity index (χ4n) is 1.53. The van der Waals surface area contributed by atoms with Gasteiger partial charge in [0.25, 0.3) is 0 Å². The van der Waals surface area contributed by atoms with Crippen molar-refractivity contribution in [1.82, 2.24) is 4.90 Å². The molecule has 1 aliphatic rings. The molecule has 5 nitrogen and oxygen atoms in total. The van der Waals surface area contributed by atoms with Gasteiger partial charge in [-0.3, -0.25) is 4.79 Å². The van der Waals surface area contributed by atoms with Crippen molar-refractivity contribution in [2.75, 3.05) is 13.1 Å². The normalized spacial score (nSPS) is 22.9. The first-order chi connectivity index (χ1) is 5.66. The van der Waals surface area contributed by atoms with E-state index in [2.05, 4.69) is 0 Å². The first-order valence-corrected chi connectivity index (χ1v) is 4.02. The summed E-state index contributed by atoms with van der Waals surface area (Å²) in [6, 6.07) is 0. The van der Waals surface area contributed by atoms with Gasteiger partial charge in [0.1, 0.15) is 0 Å². The van der Waals surface area contributed by atoms with Gasteiger partial charge in [-0.1, -0.05) is 0 Å². The number of carbonyl (C=O) groups excluding carboxylic acids is 1. The summed E-state index contributed by atoms with van der Waals surface area (Å²) >= 11 is 0. The summed E-state index contributed by atoms with van der Waals surface area (Å²) in [7, 11) is -1.44. The number of rotatable bonds is 2. The molecule has 1 aliphatic heterocycles. The molecule has 4 N–H and O–H groups in total. The number of hydrogen-bond donors (Lipinski definition) is 3. The second-order valence-corrected chi connectivity index (χ2v) is 2.91. The van der Waals surface area contributed by atoms with Crippen molar-refractivity contribution < 1.29 is 14.8 Å². The molecule has 0 bridgehead atoms. The molecule has 0 radical (unpaired) electrons. The van der Waals surface area contributed by atoms with E-state index in [1.807, 2.05) is 0 Å². The molecule has 1 atom stereocenters. The third kappa shape index (κ3) is 1.77. The van der Waals surface area contributed by atoms with E-state index in [9.17, 15) is 4.79 Å². The molecule has 1 amide bonds. The lowest BCUT2D eigenvalue weighted by Gasteiger charge is -2.22. The maximum Gasteiger partial charge on any atom is 0.475 e. The van der Waals surface area contributed by atoms with Crippen molar-refractivity contribution in [2.45, 2.75) is 18.8 Å². The van der Waals surface area contributed by atoms with Crippen LogP contribution >= 0.6 is 0 Å². The molecule has 1 unspecified atom stereocenters. The highest BCUT2D eigenvalue weighted by Crippen LogP contribution is 2.17. The Morgan fingerprint density at radius 2 is 2.33 bits per heavy atom. The number of nitrogens with two attached hydrogens (primary N) is 1. The second kappa shape index (κ2) is 3.89. The smallest absolute Gasteiger partial charge is 0.426 e. The molecule has 0 saturated carbocycles. The van der Waals surface area contributed by atoms with E-state index >= 15 is 0 Å². The summed E-state index contributed by atoms with van der Waals surface area (Å²) in [6.45, 7) is 0.515. The zero-order valence-electron chi connectivity index (χ0n) is 6.81. The monoisotopic (exact) mass is 172 g/mol. The standard InChI is InChI=1S/C6H13BN2O3/c8-4-6(10)9-3-1-2-5(9)7(11)12/h5,11-12H,1-4,8H2. The number of likely N-dealkylation sites (tertiary alicyclic amines) is 1. The van der Waals surface area contributed by atoms with Gasteiger partial charge in [0.05, 0.1) is 12.5 Å². The summed E-state index contributed by atoms with van der Waals surface area (Å²) < 4.78 is 0. The Hall–Kier alpha value is -0.585. The molecule has 6 heteroatoms. The van der Waals surface area contributed by atoms with E-state index < -0.39 is 13.1 Å². The molecular formula is C6H13BN2O3. The van der Waals surface area contributed by atoms with Crippen LogP contribution in [0.25, 0.3) is 0 Å². The van der Waals surface area contributed by atoms with Crippen LogP contribution in [0, 0.1) is 0 Å². The molecular weight excluding hydrogens is 159 g/mol. The van der Waals surface area contributed by atoms with Crippen molar-refractivity contribution in [3.8, 4) is 0 Å². The van der Waals surface area contributed by atoms with Crippen LogP contribution in [0.3, 0.4) is 0 Å². The second-order valence-electron chi connectivity index (χ2n) is 2.91. The van der Waals surface area contributed by atoms with Gasteiger partial charge >= 0.3 is 7.12 Å². The summed E-state index contributed by atoms with van der Waals surface area (Å²) in [6.07, 6.45) is 1.46. The van der Waals surface area contributed by atoms with Crippen molar-refractivity contribution in [3.05, 3.63) is 0 Å². The van der Waals surface area contributed by atoms with Crippen LogP contribution in [0.2, 0.25) is 0 Å². The minimum absolute atomic E-state index is 0.0663. The summed E-state index contributed by atoms with van der Waals surface area (Å²) in [4.78, 5) is 12.5. The van der Waals surface area contributed by atoms with Crippen molar-refractivity contribution >= 4 is 13.0 Å². The van der Waals surface area contributed by atoms with E-state index in [4.69, 9.17) is 15.8 Å². The average Bonchev–Trinajstić information content (AvgIpc) is 2.50. The van der Waals surface area contributed by atoms with Crippen LogP contribution in [-0.4, -0.2) is 47.0 Å². The van der Waals surface area contributed by atoms with Crippen LogP contribution in [0.4, 0.5) is 0 Å². The van der Waals surface area contributed by atoms with Gasteiger partial charge in [0.2, 0.25) is 5.91 Å². The molecule has 1 rings (SSSR count). The van der Waals surface area contributed by atoms with Gasteiger partial charge in [-0.15, -0.1) is 0 Å². The Labute approximate surface area is 71.3 Å². The predicted octanol–water partition coefficient (Wildman–Crippen LogP) is -2.05. The van der Waals surface area contributed by atoms with Crippen LogP contribution in [-0.2, 0) is 4.79 Å². The van der Waals surface area contributed by atoms with Crippen molar-refractivity contribution in [1.29, 1.82) is 0 Å². The lowest BCUT2D eigenvalue weighted by atomic mass is 9.78. The molecule has 0 aromatic heterocycles. The first-order valence-electron chi connectivity index (χ1n) is 4.02. The van der Waals surface area contributed by atoms with Gasteiger partial charge in [0.15, 0.2) is 0 Å². The zero-order valence-corrected chi connectivity index (χ0v) is 6.81. The van der Waals surface area contributed by atoms with Gasteiger partial charge < -0.3 is 20.7 Å². The Morgan fingerprint density at radius 3 is 2.83 bits per heavy atom. The number of carbonyl (C=O) groups is 1. The molecule has 68 valence electrons. The highest BCUT2D eigenvalue weighted by Gasteiger charge is 2.35. The maximum absolute atomic E-state index is 11.1. The van der Waals surface area contributed by atoms with Crippen LogP contribution in [0.1, 0.15) is 12.8 Å². The molecule has 0 aromatic carbocycles. The molecule has 0 spiro atoms. The molecule has 0 aromatic rings. The maximum atomic E-state index is 11.1. The Bertz CT molecular complexity index is 176. The van der Waals surface area contributed by atoms with Gasteiger partial charge in [0, 0.05) is 6.54 Å². The van der Waals surface area contributed by atoms with Crippen molar-refractivity contribution in [3.63, 3.8) is 0 Å². The van der Waals surface area contributed by atoms with Crippen LogP contribution in [0.15, 0.2) is 0 Å². The fourth-order valence-corrected chi connectivity index (χ4v) is 1.53.